The minimum Gasteiger partial charge on any atom is -0.374 e. The molecule has 0 saturated carbocycles. The van der Waals surface area contributed by atoms with Gasteiger partial charge in [0.15, 0.2) is 6.16 Å². The van der Waals surface area contributed by atoms with Gasteiger partial charge in [-0.2, -0.15) is 0 Å². The van der Waals surface area contributed by atoms with E-state index in [9.17, 15) is 4.57 Å². The van der Waals surface area contributed by atoms with Crippen molar-refractivity contribution in [1.29, 1.82) is 0 Å². The summed E-state index contributed by atoms with van der Waals surface area (Å²) in [6.45, 7) is 4.00. The fraction of sp³-hybridized carbons (Fsp3) is 0.486. The summed E-state index contributed by atoms with van der Waals surface area (Å²) in [4.78, 5) is 0. The summed E-state index contributed by atoms with van der Waals surface area (Å²) in [5, 5.41) is 0. The van der Waals surface area contributed by atoms with Gasteiger partial charge in [-0.15, -0.1) is 0 Å². The van der Waals surface area contributed by atoms with Crippen LogP contribution in [0.15, 0.2) is 91.0 Å². The van der Waals surface area contributed by atoms with Crippen LogP contribution in [0, 0.1) is 0 Å². The van der Waals surface area contributed by atoms with E-state index in [1.807, 2.05) is 54.6 Å². The van der Waals surface area contributed by atoms with Gasteiger partial charge in [0.1, 0.15) is 30.6 Å². The Morgan fingerprint density at radius 3 is 1.68 bits per heavy atom. The highest BCUT2D eigenvalue weighted by molar-refractivity contribution is 7.44. The van der Waals surface area contributed by atoms with E-state index in [2.05, 4.69) is 43.3 Å². The summed E-state index contributed by atoms with van der Waals surface area (Å²) in [7, 11) is -1.40. The SMILES string of the molecule is CCCCCCCC[P+](=O)C[C@@H]1O[C@H](COCc2ccccc2)[C@@H](OCc2ccccc2)[C@@H]1OCc1ccccc1. The van der Waals surface area contributed by atoms with Crippen molar-refractivity contribution >= 4 is 7.80 Å². The van der Waals surface area contributed by atoms with Gasteiger partial charge in [-0.1, -0.05) is 128 Å². The van der Waals surface area contributed by atoms with Crippen LogP contribution < -0.4 is 0 Å². The standard InChI is InChI=1S/C35H46O5P/c1-2-3-4-5-6-16-23-41(36)28-33-35(39-26-31-21-14-9-15-22-31)34(38-25-30-19-12-8-13-20-30)32(40-33)27-37-24-29-17-10-7-11-18-29/h7-15,17-22,32-35H,2-6,16,23-28H2,1H3/q+1/t32-,33+,34-,35-/m1/s1. The second kappa shape index (κ2) is 18.2. The summed E-state index contributed by atoms with van der Waals surface area (Å²) >= 11 is 0. The molecule has 1 unspecified atom stereocenters. The Morgan fingerprint density at radius 2 is 1.12 bits per heavy atom. The van der Waals surface area contributed by atoms with Crippen molar-refractivity contribution in [3.05, 3.63) is 108 Å². The summed E-state index contributed by atoms with van der Waals surface area (Å²) in [5.74, 6) is 0. The lowest BCUT2D eigenvalue weighted by molar-refractivity contribution is -0.0897. The predicted octanol–water partition coefficient (Wildman–Crippen LogP) is 8.33. The van der Waals surface area contributed by atoms with Gasteiger partial charge < -0.3 is 18.9 Å². The van der Waals surface area contributed by atoms with Crippen LogP contribution in [0.5, 0.6) is 0 Å². The third-order valence-corrected chi connectivity index (χ3v) is 9.10. The number of unbranched alkanes of at least 4 members (excludes halogenated alkanes) is 5. The maximum absolute atomic E-state index is 13.2. The van der Waals surface area contributed by atoms with Crippen LogP contribution in [-0.4, -0.2) is 43.3 Å². The molecule has 5 atom stereocenters. The van der Waals surface area contributed by atoms with Crippen molar-refractivity contribution in [2.24, 2.45) is 0 Å². The average molecular weight is 578 g/mol. The molecule has 0 radical (unpaired) electrons. The Balaban J connectivity index is 1.43. The van der Waals surface area contributed by atoms with Gasteiger partial charge >= 0.3 is 7.80 Å². The molecule has 1 aliphatic rings. The van der Waals surface area contributed by atoms with Crippen LogP contribution >= 0.6 is 7.80 Å². The summed E-state index contributed by atoms with van der Waals surface area (Å²) < 4.78 is 39.0. The molecule has 4 rings (SSSR count). The van der Waals surface area contributed by atoms with E-state index in [-0.39, 0.29) is 24.4 Å². The Hall–Kier alpha value is -2.40. The van der Waals surface area contributed by atoms with E-state index in [4.69, 9.17) is 18.9 Å². The first-order chi connectivity index (χ1) is 20.2. The maximum atomic E-state index is 13.2. The van der Waals surface area contributed by atoms with Gasteiger partial charge in [-0.3, -0.25) is 0 Å². The zero-order valence-corrected chi connectivity index (χ0v) is 25.3. The fourth-order valence-corrected chi connectivity index (χ4v) is 6.70. The van der Waals surface area contributed by atoms with Crippen molar-refractivity contribution in [3.63, 3.8) is 0 Å². The number of hydrogen-bond acceptors (Lipinski definition) is 5. The molecule has 0 N–H and O–H groups in total. The molecular weight excluding hydrogens is 531 g/mol. The Bertz CT molecular complexity index is 1110. The zero-order valence-electron chi connectivity index (χ0n) is 24.4. The van der Waals surface area contributed by atoms with Gasteiger partial charge in [0.25, 0.3) is 0 Å². The maximum Gasteiger partial charge on any atom is 0.341 e. The van der Waals surface area contributed by atoms with Gasteiger partial charge in [0.05, 0.1) is 26.4 Å². The minimum atomic E-state index is -1.40. The third kappa shape index (κ3) is 11.1. The van der Waals surface area contributed by atoms with Crippen LogP contribution in [0.25, 0.3) is 0 Å². The van der Waals surface area contributed by atoms with Crippen LogP contribution in [0.3, 0.4) is 0 Å². The lowest BCUT2D eigenvalue weighted by atomic mass is 10.1. The highest BCUT2D eigenvalue weighted by Gasteiger charge is 2.49. The average Bonchev–Trinajstić information content (AvgIpc) is 3.33. The van der Waals surface area contributed by atoms with E-state index in [1.54, 1.807) is 0 Å². The molecule has 41 heavy (non-hydrogen) atoms. The molecule has 1 saturated heterocycles. The lowest BCUT2D eigenvalue weighted by Crippen LogP contribution is -2.39. The Labute approximate surface area is 247 Å². The molecule has 0 bridgehead atoms. The molecule has 1 fully saturated rings. The van der Waals surface area contributed by atoms with Crippen molar-refractivity contribution < 1.29 is 23.5 Å². The van der Waals surface area contributed by atoms with E-state index in [0.29, 0.717) is 32.6 Å². The molecule has 1 aliphatic heterocycles. The first-order valence-corrected chi connectivity index (χ1v) is 16.9. The molecule has 1 heterocycles. The summed E-state index contributed by atoms with van der Waals surface area (Å²) in [5.41, 5.74) is 3.30. The van der Waals surface area contributed by atoms with Crippen LogP contribution in [-0.2, 0) is 43.3 Å². The third-order valence-electron chi connectivity index (χ3n) is 7.52. The molecule has 0 spiro atoms. The Morgan fingerprint density at radius 1 is 0.634 bits per heavy atom. The largest absolute Gasteiger partial charge is 0.374 e. The molecule has 0 aliphatic carbocycles. The second-order valence-corrected chi connectivity index (χ2v) is 12.7. The number of rotatable bonds is 19. The minimum absolute atomic E-state index is 0.312. The van der Waals surface area contributed by atoms with Crippen LogP contribution in [0.4, 0.5) is 0 Å². The smallest absolute Gasteiger partial charge is 0.341 e. The fourth-order valence-electron chi connectivity index (χ4n) is 5.25. The number of benzene rings is 3. The Kier molecular flexibility index (Phi) is 14.0. The van der Waals surface area contributed by atoms with Crippen LogP contribution in [0.1, 0.15) is 62.1 Å². The van der Waals surface area contributed by atoms with E-state index >= 15 is 0 Å². The molecule has 0 amide bonds. The molecule has 5 nitrogen and oxygen atoms in total. The van der Waals surface area contributed by atoms with Crippen molar-refractivity contribution in [3.8, 4) is 0 Å². The molecule has 3 aromatic carbocycles. The van der Waals surface area contributed by atoms with Gasteiger partial charge in [0.2, 0.25) is 0 Å². The van der Waals surface area contributed by atoms with Crippen LogP contribution in [0.2, 0.25) is 0 Å². The lowest BCUT2D eigenvalue weighted by Gasteiger charge is -2.24. The van der Waals surface area contributed by atoms with Crippen molar-refractivity contribution in [2.45, 2.75) is 89.7 Å². The molecule has 3 aromatic rings. The highest BCUT2D eigenvalue weighted by atomic mass is 31.1. The molecule has 220 valence electrons. The van der Waals surface area contributed by atoms with E-state index in [1.165, 1.54) is 25.7 Å². The number of hydrogen-bond donors (Lipinski definition) is 0. The predicted molar refractivity (Wildman–Crippen MR) is 166 cm³/mol. The van der Waals surface area contributed by atoms with Crippen molar-refractivity contribution in [2.75, 3.05) is 18.9 Å². The number of ether oxygens (including phenoxy) is 4. The molecular formula is C35H46O5P+. The first kappa shape index (κ1) is 31.5. The van der Waals surface area contributed by atoms with Gasteiger partial charge in [0, 0.05) is 0 Å². The molecule has 0 aromatic heterocycles. The quantitative estimate of drug-likeness (QED) is 0.106. The van der Waals surface area contributed by atoms with Gasteiger partial charge in [-0.25, -0.2) is 0 Å². The monoisotopic (exact) mass is 577 g/mol. The van der Waals surface area contributed by atoms with Gasteiger partial charge in [-0.05, 0) is 29.5 Å². The first-order valence-electron chi connectivity index (χ1n) is 15.2. The summed E-state index contributed by atoms with van der Waals surface area (Å²) in [6, 6.07) is 30.5. The van der Waals surface area contributed by atoms with E-state index < -0.39 is 7.80 Å². The second-order valence-electron chi connectivity index (χ2n) is 10.9. The molecule has 6 heteroatoms. The summed E-state index contributed by atoms with van der Waals surface area (Å²) in [6.07, 6.45) is 7.04. The zero-order chi connectivity index (χ0) is 28.5. The van der Waals surface area contributed by atoms with E-state index in [0.717, 1.165) is 35.7 Å². The highest BCUT2D eigenvalue weighted by Crippen LogP contribution is 2.35. The normalized spacial score (nSPS) is 20.8. The van der Waals surface area contributed by atoms with Crippen molar-refractivity contribution in [1.82, 2.24) is 0 Å². The topological polar surface area (TPSA) is 54.0 Å².